The summed E-state index contributed by atoms with van der Waals surface area (Å²) in [6.07, 6.45) is 0.912. The highest BCUT2D eigenvalue weighted by Gasteiger charge is 2.23. The highest BCUT2D eigenvalue weighted by atomic mass is 16.7. The molecule has 0 fully saturated rings. The molecule has 0 spiro atoms. The largest absolute Gasteiger partial charge is 0.454 e. The van der Waals surface area contributed by atoms with Gasteiger partial charge in [-0.2, -0.15) is 0 Å². The molecular weight excluding hydrogens is 294 g/mol. The first kappa shape index (κ1) is 17.4. The molecule has 1 aliphatic heterocycles. The molecule has 0 unspecified atom stereocenters. The number of nitrogens with zero attached hydrogens (tertiary/aromatic N) is 1. The van der Waals surface area contributed by atoms with Crippen LogP contribution in [0.25, 0.3) is 0 Å². The Morgan fingerprint density at radius 1 is 1.35 bits per heavy atom. The molecule has 1 aromatic rings. The van der Waals surface area contributed by atoms with Gasteiger partial charge in [0.2, 0.25) is 6.79 Å². The van der Waals surface area contributed by atoms with E-state index in [4.69, 9.17) is 19.9 Å². The summed E-state index contributed by atoms with van der Waals surface area (Å²) in [4.78, 5) is 4.45. The fourth-order valence-corrected chi connectivity index (χ4v) is 2.28. The lowest BCUT2D eigenvalue weighted by Crippen LogP contribution is -2.34. The summed E-state index contributed by atoms with van der Waals surface area (Å²) < 4.78 is 16.1. The second-order valence-electron chi connectivity index (χ2n) is 6.13. The van der Waals surface area contributed by atoms with Crippen molar-refractivity contribution in [1.29, 1.82) is 0 Å². The Hall–Kier alpha value is -1.95. The van der Waals surface area contributed by atoms with Gasteiger partial charge in [0.25, 0.3) is 0 Å². The molecule has 6 heteroatoms. The van der Waals surface area contributed by atoms with Crippen molar-refractivity contribution >= 4 is 5.96 Å². The van der Waals surface area contributed by atoms with Crippen LogP contribution in [0.4, 0.5) is 0 Å². The van der Waals surface area contributed by atoms with Gasteiger partial charge < -0.3 is 25.3 Å². The number of rotatable bonds is 8. The molecule has 3 N–H and O–H groups in total. The zero-order valence-electron chi connectivity index (χ0n) is 14.2. The molecule has 0 amide bonds. The standard InChI is InChI=1S/C17H27N3O3/c1-4-21-9-5-8-19-16(18)20-11-17(2,3)13-6-7-14-15(10-13)23-12-22-14/h6-7,10H,4-5,8-9,11-12H2,1-3H3,(H3,18,19,20). The van der Waals surface area contributed by atoms with E-state index in [0.717, 1.165) is 43.2 Å². The van der Waals surface area contributed by atoms with Crippen LogP contribution in [-0.4, -0.2) is 39.1 Å². The minimum absolute atomic E-state index is 0.140. The van der Waals surface area contributed by atoms with Gasteiger partial charge in [-0.25, -0.2) is 0 Å². The van der Waals surface area contributed by atoms with E-state index in [0.29, 0.717) is 12.5 Å². The molecule has 0 saturated carbocycles. The quantitative estimate of drug-likeness (QED) is 0.435. The maximum absolute atomic E-state index is 5.92. The number of nitrogens with two attached hydrogens (primary N) is 1. The predicted octanol–water partition coefficient (Wildman–Crippen LogP) is 2.02. The highest BCUT2D eigenvalue weighted by molar-refractivity contribution is 5.77. The van der Waals surface area contributed by atoms with Gasteiger partial charge in [-0.3, -0.25) is 4.99 Å². The number of nitrogens with one attached hydrogen (secondary N) is 1. The van der Waals surface area contributed by atoms with Gasteiger partial charge in [0.15, 0.2) is 17.5 Å². The molecule has 6 nitrogen and oxygen atoms in total. The van der Waals surface area contributed by atoms with Crippen molar-refractivity contribution in [2.45, 2.75) is 32.6 Å². The van der Waals surface area contributed by atoms with Gasteiger partial charge in [-0.15, -0.1) is 0 Å². The number of fused-ring (bicyclic) bond motifs is 1. The lowest BCUT2D eigenvalue weighted by Gasteiger charge is -2.23. The molecule has 0 aromatic heterocycles. The third-order valence-corrected chi connectivity index (χ3v) is 3.77. The van der Waals surface area contributed by atoms with Crippen LogP contribution in [0.15, 0.2) is 23.2 Å². The fourth-order valence-electron chi connectivity index (χ4n) is 2.28. The van der Waals surface area contributed by atoms with E-state index in [2.05, 4.69) is 30.2 Å². The summed E-state index contributed by atoms with van der Waals surface area (Å²) in [7, 11) is 0. The Kier molecular flexibility index (Phi) is 6.10. The number of hydrogen-bond donors (Lipinski definition) is 2. The zero-order valence-corrected chi connectivity index (χ0v) is 14.2. The Bertz CT molecular complexity index is 544. The minimum Gasteiger partial charge on any atom is -0.454 e. The van der Waals surface area contributed by atoms with E-state index >= 15 is 0 Å². The van der Waals surface area contributed by atoms with Crippen LogP contribution >= 0.6 is 0 Å². The SMILES string of the molecule is CCOCCCNC(N)=NCC(C)(C)c1ccc2c(c1)OCO2. The van der Waals surface area contributed by atoms with Crippen LogP contribution in [0.3, 0.4) is 0 Å². The predicted molar refractivity (Wildman–Crippen MR) is 91.2 cm³/mol. The van der Waals surface area contributed by atoms with Crippen LogP contribution < -0.4 is 20.5 Å². The summed E-state index contributed by atoms with van der Waals surface area (Å²) in [6, 6.07) is 6.01. The fraction of sp³-hybridized carbons (Fsp3) is 0.588. The summed E-state index contributed by atoms with van der Waals surface area (Å²) in [5.74, 6) is 2.06. The number of guanidine groups is 1. The first-order chi connectivity index (χ1) is 11.0. The van der Waals surface area contributed by atoms with Crippen molar-refractivity contribution in [3.05, 3.63) is 23.8 Å². The number of benzene rings is 1. The van der Waals surface area contributed by atoms with E-state index in [-0.39, 0.29) is 12.2 Å². The second-order valence-corrected chi connectivity index (χ2v) is 6.13. The van der Waals surface area contributed by atoms with Gasteiger partial charge >= 0.3 is 0 Å². The Morgan fingerprint density at radius 2 is 2.13 bits per heavy atom. The smallest absolute Gasteiger partial charge is 0.231 e. The summed E-state index contributed by atoms with van der Waals surface area (Å²) in [5.41, 5.74) is 6.92. The average molecular weight is 321 g/mol. The molecule has 0 radical (unpaired) electrons. The van der Waals surface area contributed by atoms with Crippen molar-refractivity contribution < 1.29 is 14.2 Å². The van der Waals surface area contributed by atoms with Crippen LogP contribution in [0.5, 0.6) is 11.5 Å². The van der Waals surface area contributed by atoms with Crippen molar-refractivity contribution in [1.82, 2.24) is 5.32 Å². The molecule has 0 aliphatic carbocycles. The molecule has 0 saturated heterocycles. The van der Waals surface area contributed by atoms with E-state index in [1.807, 2.05) is 19.1 Å². The Labute approximate surface area is 138 Å². The van der Waals surface area contributed by atoms with Crippen molar-refractivity contribution in [2.24, 2.45) is 10.7 Å². The van der Waals surface area contributed by atoms with E-state index in [1.165, 1.54) is 0 Å². The van der Waals surface area contributed by atoms with E-state index in [9.17, 15) is 0 Å². The molecule has 0 atom stereocenters. The normalized spacial score (nSPS) is 14.1. The van der Waals surface area contributed by atoms with E-state index in [1.54, 1.807) is 0 Å². The molecule has 128 valence electrons. The Balaban J connectivity index is 1.86. The van der Waals surface area contributed by atoms with Gasteiger partial charge in [-0.1, -0.05) is 19.9 Å². The van der Waals surface area contributed by atoms with Gasteiger partial charge in [0.05, 0.1) is 6.54 Å². The lowest BCUT2D eigenvalue weighted by atomic mass is 9.84. The van der Waals surface area contributed by atoms with E-state index < -0.39 is 0 Å². The first-order valence-corrected chi connectivity index (χ1v) is 8.04. The first-order valence-electron chi connectivity index (χ1n) is 8.04. The average Bonchev–Trinajstić information content (AvgIpc) is 3.00. The maximum atomic E-state index is 5.92. The number of aliphatic imine (C=N–C) groups is 1. The van der Waals surface area contributed by atoms with Crippen LogP contribution in [-0.2, 0) is 10.2 Å². The summed E-state index contributed by atoms with van der Waals surface area (Å²) in [5, 5.41) is 3.11. The maximum Gasteiger partial charge on any atom is 0.231 e. The van der Waals surface area contributed by atoms with Crippen LogP contribution in [0.2, 0.25) is 0 Å². The molecule has 2 rings (SSSR count). The van der Waals surface area contributed by atoms with Gasteiger partial charge in [0, 0.05) is 25.2 Å². The Morgan fingerprint density at radius 3 is 2.91 bits per heavy atom. The summed E-state index contributed by atoms with van der Waals surface area (Å²) in [6.45, 7) is 9.38. The van der Waals surface area contributed by atoms with Crippen molar-refractivity contribution in [3.8, 4) is 11.5 Å². The molecule has 1 aliphatic rings. The van der Waals surface area contributed by atoms with Gasteiger partial charge in [-0.05, 0) is 31.0 Å². The van der Waals surface area contributed by atoms with Crippen molar-refractivity contribution in [3.63, 3.8) is 0 Å². The number of hydrogen-bond acceptors (Lipinski definition) is 4. The minimum atomic E-state index is -0.140. The second kappa shape index (κ2) is 8.06. The highest BCUT2D eigenvalue weighted by Crippen LogP contribution is 2.36. The van der Waals surface area contributed by atoms with Crippen LogP contribution in [0, 0.1) is 0 Å². The van der Waals surface area contributed by atoms with Gasteiger partial charge in [0.1, 0.15) is 0 Å². The molecule has 1 aromatic carbocycles. The summed E-state index contributed by atoms with van der Waals surface area (Å²) >= 11 is 0. The lowest BCUT2D eigenvalue weighted by molar-refractivity contribution is 0.145. The third-order valence-electron chi connectivity index (χ3n) is 3.77. The molecule has 23 heavy (non-hydrogen) atoms. The molecular formula is C17H27N3O3. The molecule has 1 heterocycles. The zero-order chi connectivity index (χ0) is 16.7. The molecule has 0 bridgehead atoms. The third kappa shape index (κ3) is 5.03. The number of ether oxygens (including phenoxy) is 3. The monoisotopic (exact) mass is 321 g/mol. The van der Waals surface area contributed by atoms with Crippen LogP contribution in [0.1, 0.15) is 32.8 Å². The van der Waals surface area contributed by atoms with Crippen molar-refractivity contribution in [2.75, 3.05) is 33.1 Å². The topological polar surface area (TPSA) is 78.1 Å².